The first kappa shape index (κ1) is 19.1. The summed E-state index contributed by atoms with van der Waals surface area (Å²) in [4.78, 5) is 26.8. The minimum Gasteiger partial charge on any atom is -0.312 e. The van der Waals surface area contributed by atoms with Gasteiger partial charge in [-0.2, -0.15) is 0 Å². The highest BCUT2D eigenvalue weighted by Gasteiger charge is 2.49. The van der Waals surface area contributed by atoms with Crippen LogP contribution in [0.1, 0.15) is 12.8 Å². The van der Waals surface area contributed by atoms with Crippen LogP contribution < -0.4 is 9.62 Å². The van der Waals surface area contributed by atoms with Crippen molar-refractivity contribution < 1.29 is 26.8 Å². The Balaban J connectivity index is 2.01. The third-order valence-corrected chi connectivity index (χ3v) is 6.16. The number of benzene rings is 1. The number of urea groups is 1. The summed E-state index contributed by atoms with van der Waals surface area (Å²) in [7, 11) is -3.94. The summed E-state index contributed by atoms with van der Waals surface area (Å²) >= 11 is 11.1. The minimum absolute atomic E-state index is 0.0356. The summed E-state index contributed by atoms with van der Waals surface area (Å²) < 4.78 is 53.2. The Labute approximate surface area is 157 Å². The Morgan fingerprint density at radius 3 is 2.65 bits per heavy atom. The van der Waals surface area contributed by atoms with Crippen LogP contribution in [-0.4, -0.2) is 49.2 Å². The van der Waals surface area contributed by atoms with E-state index in [9.17, 15) is 26.8 Å². The smallest absolute Gasteiger partial charge is 0.312 e. The molecule has 1 aromatic rings. The SMILES string of the molecule is O=C1[C@@H]2C[C@@H](F)CCN2C(=O)N1c1cc(NS(=O)(=O)CCl)c(Cl)cc1F. The van der Waals surface area contributed by atoms with E-state index in [1.807, 2.05) is 4.72 Å². The number of carbonyl (C=O) groups excluding carboxylic acids is 2. The fraction of sp³-hybridized carbons (Fsp3) is 0.429. The molecule has 2 aliphatic rings. The molecule has 0 spiro atoms. The summed E-state index contributed by atoms with van der Waals surface area (Å²) in [5.74, 6) is -1.77. The third-order valence-electron chi connectivity index (χ3n) is 4.17. The van der Waals surface area contributed by atoms with E-state index in [0.717, 1.165) is 12.1 Å². The summed E-state index contributed by atoms with van der Waals surface area (Å²) in [5.41, 5.74) is -0.709. The maximum Gasteiger partial charge on any atom is 0.332 e. The Bertz CT molecular complexity index is 883. The number of nitrogens with one attached hydrogen (secondary N) is 1. The van der Waals surface area contributed by atoms with Gasteiger partial charge in [-0.05, 0) is 18.6 Å². The molecule has 0 radical (unpaired) electrons. The van der Waals surface area contributed by atoms with Crippen LogP contribution in [0.15, 0.2) is 12.1 Å². The number of anilines is 2. The largest absolute Gasteiger partial charge is 0.332 e. The number of halogens is 4. The van der Waals surface area contributed by atoms with Gasteiger partial charge in [0.05, 0.1) is 16.4 Å². The lowest BCUT2D eigenvalue weighted by Gasteiger charge is -2.28. The zero-order chi connectivity index (χ0) is 19.2. The number of imide groups is 1. The molecule has 1 aromatic carbocycles. The number of fused-ring (bicyclic) bond motifs is 1. The molecule has 3 amide bonds. The lowest BCUT2D eigenvalue weighted by molar-refractivity contribution is -0.121. The van der Waals surface area contributed by atoms with Crippen LogP contribution in [0.3, 0.4) is 0 Å². The first-order valence-corrected chi connectivity index (χ1v) is 10.0. The van der Waals surface area contributed by atoms with E-state index < -0.39 is 50.9 Å². The van der Waals surface area contributed by atoms with E-state index in [0.29, 0.717) is 4.90 Å². The molecule has 12 heteroatoms. The fourth-order valence-electron chi connectivity index (χ4n) is 2.96. The van der Waals surface area contributed by atoms with Gasteiger partial charge < -0.3 is 4.90 Å². The molecule has 0 aromatic heterocycles. The normalized spacial score (nSPS) is 23.4. The molecule has 1 N–H and O–H groups in total. The predicted molar refractivity (Wildman–Crippen MR) is 92.2 cm³/mol. The van der Waals surface area contributed by atoms with E-state index in [4.69, 9.17) is 23.2 Å². The maximum atomic E-state index is 14.4. The molecule has 2 heterocycles. The van der Waals surface area contributed by atoms with Gasteiger partial charge in [0.25, 0.3) is 5.91 Å². The van der Waals surface area contributed by atoms with Gasteiger partial charge in [0, 0.05) is 13.0 Å². The summed E-state index contributed by atoms with van der Waals surface area (Å²) in [6.45, 7) is 0.0356. The first-order valence-electron chi connectivity index (χ1n) is 7.48. The molecular formula is C14H13Cl2F2N3O4S. The van der Waals surface area contributed by atoms with Gasteiger partial charge in [0.1, 0.15) is 23.2 Å². The minimum atomic E-state index is -3.94. The van der Waals surface area contributed by atoms with Crippen LogP contribution in [-0.2, 0) is 14.8 Å². The zero-order valence-electron chi connectivity index (χ0n) is 13.1. The van der Waals surface area contributed by atoms with E-state index in [1.54, 1.807) is 0 Å². The summed E-state index contributed by atoms with van der Waals surface area (Å²) in [6.07, 6.45) is -1.30. The van der Waals surface area contributed by atoms with Crippen molar-refractivity contribution >= 4 is 56.5 Å². The second kappa shape index (κ2) is 6.82. The number of amides is 3. The molecule has 0 bridgehead atoms. The summed E-state index contributed by atoms with van der Waals surface area (Å²) in [5, 5.41) is -1.05. The average molecular weight is 428 g/mol. The molecule has 3 rings (SSSR count). The van der Waals surface area contributed by atoms with Gasteiger partial charge >= 0.3 is 6.03 Å². The number of nitrogens with zero attached hydrogens (tertiary/aromatic N) is 2. The topological polar surface area (TPSA) is 86.8 Å². The Kier molecular flexibility index (Phi) is 5.02. The average Bonchev–Trinajstić information content (AvgIpc) is 2.81. The number of rotatable bonds is 4. The van der Waals surface area contributed by atoms with Crippen molar-refractivity contribution in [2.24, 2.45) is 0 Å². The molecular weight excluding hydrogens is 415 g/mol. The van der Waals surface area contributed by atoms with E-state index in [-0.39, 0.29) is 30.1 Å². The molecule has 0 saturated carbocycles. The number of carbonyl (C=O) groups is 2. The first-order chi connectivity index (χ1) is 12.1. The van der Waals surface area contributed by atoms with Crippen molar-refractivity contribution in [3.63, 3.8) is 0 Å². The van der Waals surface area contributed by atoms with Crippen molar-refractivity contribution in [2.75, 3.05) is 21.4 Å². The van der Waals surface area contributed by atoms with Gasteiger partial charge in [0.2, 0.25) is 10.0 Å². The van der Waals surface area contributed by atoms with Crippen molar-refractivity contribution in [3.8, 4) is 0 Å². The van der Waals surface area contributed by atoms with Crippen LogP contribution >= 0.6 is 23.2 Å². The highest BCUT2D eigenvalue weighted by Crippen LogP contribution is 2.36. The predicted octanol–water partition coefficient (Wildman–Crippen LogP) is 2.69. The second-order valence-electron chi connectivity index (χ2n) is 5.90. The maximum absolute atomic E-state index is 14.4. The molecule has 26 heavy (non-hydrogen) atoms. The quantitative estimate of drug-likeness (QED) is 0.590. The molecule has 0 unspecified atom stereocenters. The molecule has 2 saturated heterocycles. The molecule has 142 valence electrons. The van der Waals surface area contributed by atoms with E-state index >= 15 is 0 Å². The van der Waals surface area contributed by atoms with Gasteiger partial charge in [-0.25, -0.2) is 26.9 Å². The monoisotopic (exact) mass is 427 g/mol. The number of sulfonamides is 1. The van der Waals surface area contributed by atoms with Crippen LogP contribution in [0.4, 0.5) is 25.0 Å². The van der Waals surface area contributed by atoms with E-state index in [1.165, 1.54) is 4.90 Å². The molecule has 2 atom stereocenters. The van der Waals surface area contributed by atoms with E-state index in [2.05, 4.69) is 0 Å². The molecule has 2 fully saturated rings. The van der Waals surface area contributed by atoms with Crippen molar-refractivity contribution in [3.05, 3.63) is 23.0 Å². The number of piperidine rings is 1. The third kappa shape index (κ3) is 3.33. The molecule has 7 nitrogen and oxygen atoms in total. The number of hydrogen-bond acceptors (Lipinski definition) is 4. The second-order valence-corrected chi connectivity index (χ2v) is 8.61. The van der Waals surface area contributed by atoms with Crippen LogP contribution in [0.25, 0.3) is 0 Å². The van der Waals surface area contributed by atoms with Crippen LogP contribution in [0.5, 0.6) is 0 Å². The highest BCUT2D eigenvalue weighted by atomic mass is 35.5. The van der Waals surface area contributed by atoms with Crippen LogP contribution in [0, 0.1) is 5.82 Å². The van der Waals surface area contributed by atoms with Crippen molar-refractivity contribution in [1.29, 1.82) is 0 Å². The summed E-state index contributed by atoms with van der Waals surface area (Å²) in [6, 6.07) is -0.0922. The standard InChI is InChI=1S/C14H13Cl2F2N3O4S/c15-6-26(24,25)19-10-5-11(9(18)4-8(10)16)21-13(22)12-3-7(17)1-2-20(12)14(21)23/h4-5,7,12,19H,1-3,6H2/t7-,12-/m0/s1. The lowest BCUT2D eigenvalue weighted by Crippen LogP contribution is -2.42. The van der Waals surface area contributed by atoms with Crippen molar-refractivity contribution in [2.45, 2.75) is 25.1 Å². The lowest BCUT2D eigenvalue weighted by atomic mass is 10.0. The Hall–Kier alpha value is -1.65. The van der Waals surface area contributed by atoms with Crippen molar-refractivity contribution in [1.82, 2.24) is 4.90 Å². The highest BCUT2D eigenvalue weighted by molar-refractivity contribution is 7.93. The molecule has 0 aliphatic carbocycles. The van der Waals surface area contributed by atoms with Gasteiger partial charge in [0.15, 0.2) is 0 Å². The van der Waals surface area contributed by atoms with Gasteiger partial charge in [-0.3, -0.25) is 9.52 Å². The van der Waals surface area contributed by atoms with Gasteiger partial charge in [-0.1, -0.05) is 11.6 Å². The molecule has 2 aliphatic heterocycles. The van der Waals surface area contributed by atoms with Crippen LogP contribution in [0.2, 0.25) is 5.02 Å². The zero-order valence-corrected chi connectivity index (χ0v) is 15.4. The van der Waals surface area contributed by atoms with Gasteiger partial charge in [-0.15, -0.1) is 11.6 Å². The number of alkyl halides is 2. The number of hydrogen-bond donors (Lipinski definition) is 1. The Morgan fingerprint density at radius 2 is 2.00 bits per heavy atom. The Morgan fingerprint density at radius 1 is 1.31 bits per heavy atom. The fourth-order valence-corrected chi connectivity index (χ4v) is 3.94.